The fraction of sp³-hybridized carbons (Fsp3) is 0.167. The highest BCUT2D eigenvalue weighted by atomic mass is 35.5. The van der Waals surface area contributed by atoms with Crippen molar-refractivity contribution in [2.24, 2.45) is 0 Å². The lowest BCUT2D eigenvalue weighted by molar-refractivity contribution is -0.123. The van der Waals surface area contributed by atoms with Gasteiger partial charge < -0.3 is 0 Å². The third kappa shape index (κ3) is 2.51. The number of amides is 1. The fourth-order valence-electron chi connectivity index (χ4n) is 0.938. The largest absolute Gasteiger partial charge is 0.272 e. The van der Waals surface area contributed by atoms with Gasteiger partial charge in [-0.2, -0.15) is 15.0 Å². The molecule has 0 aliphatic carbocycles. The van der Waals surface area contributed by atoms with E-state index in [1.807, 2.05) is 0 Å². The molecule has 1 aliphatic heterocycles. The van der Waals surface area contributed by atoms with Gasteiger partial charge in [0.25, 0.3) is 5.91 Å². The Bertz CT molecular complexity index is 434. The van der Waals surface area contributed by atoms with Crippen LogP contribution in [0.1, 0.15) is 0 Å². The number of nitrogens with zero attached hydrogens (tertiary/aromatic N) is 4. The van der Waals surface area contributed by atoms with Gasteiger partial charge in [0.2, 0.25) is 16.5 Å². The molecule has 1 N–H and O–H groups in total. The summed E-state index contributed by atoms with van der Waals surface area (Å²) in [6.07, 6.45) is 0. The molecule has 2 rings (SSSR count). The van der Waals surface area contributed by atoms with Crippen molar-refractivity contribution in [1.82, 2.24) is 20.0 Å². The van der Waals surface area contributed by atoms with Crippen LogP contribution in [0.3, 0.4) is 0 Å². The summed E-state index contributed by atoms with van der Waals surface area (Å²) in [5.41, 5.74) is 2.61. The predicted octanol–water partition coefficient (Wildman–Crippen LogP) is 1.37. The van der Waals surface area contributed by atoms with Gasteiger partial charge in [-0.25, -0.2) is 5.01 Å². The highest BCUT2D eigenvalue weighted by Crippen LogP contribution is 2.20. The van der Waals surface area contributed by atoms with Gasteiger partial charge in [-0.3, -0.25) is 10.2 Å². The fourth-order valence-corrected chi connectivity index (χ4v) is 2.28. The number of thiocarbonyl (C=S) groups is 1. The Labute approximate surface area is 110 Å². The Morgan fingerprint density at radius 1 is 1.31 bits per heavy atom. The van der Waals surface area contributed by atoms with E-state index in [-0.39, 0.29) is 22.4 Å². The normalized spacial score (nSPS) is 15.8. The topological polar surface area (TPSA) is 71.0 Å². The molecule has 0 atom stereocenters. The van der Waals surface area contributed by atoms with Crippen LogP contribution in [0.25, 0.3) is 0 Å². The molecule has 16 heavy (non-hydrogen) atoms. The summed E-state index contributed by atoms with van der Waals surface area (Å²) in [5, 5.41) is 1.04. The van der Waals surface area contributed by atoms with E-state index < -0.39 is 0 Å². The first-order chi connectivity index (χ1) is 7.56. The monoisotopic (exact) mass is 295 g/mol. The molecule has 10 heteroatoms. The first-order valence-corrected chi connectivity index (χ1v) is 6.04. The molecule has 0 saturated carbocycles. The second-order valence-corrected chi connectivity index (χ2v) is 4.88. The Morgan fingerprint density at radius 3 is 2.44 bits per heavy atom. The van der Waals surface area contributed by atoms with Gasteiger partial charge in [0.15, 0.2) is 4.32 Å². The number of nitrogens with one attached hydrogen (secondary N) is 1. The van der Waals surface area contributed by atoms with Gasteiger partial charge in [-0.15, -0.1) is 0 Å². The van der Waals surface area contributed by atoms with Crippen LogP contribution in [0.15, 0.2) is 0 Å². The van der Waals surface area contributed by atoms with E-state index in [0.29, 0.717) is 10.1 Å². The minimum absolute atomic E-state index is 0.0623. The van der Waals surface area contributed by atoms with E-state index in [4.69, 9.17) is 35.4 Å². The lowest BCUT2D eigenvalue weighted by Gasteiger charge is -2.15. The minimum Gasteiger partial charge on any atom is -0.272 e. The summed E-state index contributed by atoms with van der Waals surface area (Å²) in [7, 11) is 0. The number of hydrazine groups is 1. The third-order valence-electron chi connectivity index (χ3n) is 1.54. The number of thioether (sulfide) groups is 1. The van der Waals surface area contributed by atoms with E-state index in [1.165, 1.54) is 16.8 Å². The second-order valence-electron chi connectivity index (χ2n) is 2.59. The summed E-state index contributed by atoms with van der Waals surface area (Å²) in [5.74, 6) is 0.184. The molecule has 0 radical (unpaired) electrons. The van der Waals surface area contributed by atoms with Crippen LogP contribution in [0.4, 0.5) is 5.95 Å². The van der Waals surface area contributed by atoms with Crippen LogP contribution in [0.2, 0.25) is 10.6 Å². The Morgan fingerprint density at radius 2 is 1.94 bits per heavy atom. The molecule has 1 amide bonds. The second kappa shape index (κ2) is 4.66. The van der Waals surface area contributed by atoms with Crippen LogP contribution < -0.4 is 5.43 Å². The maximum atomic E-state index is 11.4. The first kappa shape index (κ1) is 11.8. The lowest BCUT2D eigenvalue weighted by atomic mass is 10.7. The molecule has 2 heterocycles. The van der Waals surface area contributed by atoms with Gasteiger partial charge in [-0.05, 0) is 23.2 Å². The Balaban J connectivity index is 2.20. The van der Waals surface area contributed by atoms with Crippen molar-refractivity contribution in [3.05, 3.63) is 10.6 Å². The summed E-state index contributed by atoms with van der Waals surface area (Å²) in [6.45, 7) is 0. The van der Waals surface area contributed by atoms with Crippen molar-refractivity contribution < 1.29 is 4.79 Å². The smallest absolute Gasteiger partial charge is 0.257 e. The lowest BCUT2D eigenvalue weighted by Crippen LogP contribution is -2.35. The quantitative estimate of drug-likeness (QED) is 0.826. The molecule has 84 valence electrons. The highest BCUT2D eigenvalue weighted by molar-refractivity contribution is 8.23. The average Bonchev–Trinajstić information content (AvgIpc) is 2.48. The van der Waals surface area contributed by atoms with Gasteiger partial charge in [0, 0.05) is 0 Å². The Kier molecular flexibility index (Phi) is 3.43. The molecule has 1 aromatic rings. The maximum Gasteiger partial charge on any atom is 0.257 e. The predicted molar refractivity (Wildman–Crippen MR) is 65.4 cm³/mol. The van der Waals surface area contributed by atoms with E-state index in [2.05, 4.69) is 20.4 Å². The zero-order valence-electron chi connectivity index (χ0n) is 7.48. The molecular formula is C6H3Cl2N5OS2. The molecule has 6 nitrogen and oxygen atoms in total. The molecule has 0 aromatic carbocycles. The summed E-state index contributed by atoms with van der Waals surface area (Å²) >= 11 is 17.4. The summed E-state index contributed by atoms with van der Waals surface area (Å²) in [6, 6.07) is 0. The van der Waals surface area contributed by atoms with Crippen molar-refractivity contribution in [3.63, 3.8) is 0 Å². The number of hydrogen-bond acceptors (Lipinski definition) is 7. The van der Waals surface area contributed by atoms with Crippen LogP contribution in [0, 0.1) is 0 Å². The number of carbonyl (C=O) groups excluding carboxylic acids is 1. The van der Waals surface area contributed by atoms with Gasteiger partial charge in [0.05, 0.1) is 5.75 Å². The van der Waals surface area contributed by atoms with E-state index >= 15 is 0 Å². The number of rotatable bonds is 2. The van der Waals surface area contributed by atoms with Crippen molar-refractivity contribution in [3.8, 4) is 0 Å². The standard InChI is InChI=1S/C6H3Cl2N5OS2/c7-3-9-4(8)11-5(10-3)12-13-2(14)1-16-6(13)15/h1H2,(H,9,10,11,12). The zero-order valence-corrected chi connectivity index (χ0v) is 10.6. The summed E-state index contributed by atoms with van der Waals surface area (Å²) in [4.78, 5) is 22.5. The number of hydrogen-bond donors (Lipinski definition) is 1. The van der Waals surface area contributed by atoms with Crippen molar-refractivity contribution in [1.29, 1.82) is 0 Å². The molecule has 1 saturated heterocycles. The minimum atomic E-state index is -0.178. The molecule has 0 spiro atoms. The molecular weight excluding hydrogens is 293 g/mol. The number of aromatic nitrogens is 3. The van der Waals surface area contributed by atoms with Crippen molar-refractivity contribution >= 4 is 63.4 Å². The van der Waals surface area contributed by atoms with Crippen LogP contribution >= 0.6 is 47.2 Å². The molecule has 0 unspecified atom stereocenters. The van der Waals surface area contributed by atoms with Crippen LogP contribution in [-0.2, 0) is 4.79 Å². The van der Waals surface area contributed by atoms with Crippen LogP contribution in [0.5, 0.6) is 0 Å². The highest BCUT2D eigenvalue weighted by Gasteiger charge is 2.27. The van der Waals surface area contributed by atoms with E-state index in [9.17, 15) is 4.79 Å². The molecule has 0 bridgehead atoms. The zero-order chi connectivity index (χ0) is 11.7. The van der Waals surface area contributed by atoms with Gasteiger partial charge in [-0.1, -0.05) is 24.0 Å². The maximum absolute atomic E-state index is 11.4. The molecule has 1 aliphatic rings. The summed E-state index contributed by atoms with van der Waals surface area (Å²) < 4.78 is 0.401. The van der Waals surface area contributed by atoms with Gasteiger partial charge >= 0.3 is 0 Å². The van der Waals surface area contributed by atoms with Crippen molar-refractivity contribution in [2.75, 3.05) is 11.2 Å². The average molecular weight is 296 g/mol. The number of anilines is 1. The molecule has 1 aromatic heterocycles. The molecule has 1 fully saturated rings. The number of carbonyl (C=O) groups is 1. The van der Waals surface area contributed by atoms with Crippen molar-refractivity contribution in [2.45, 2.75) is 0 Å². The van der Waals surface area contributed by atoms with Crippen LogP contribution in [-0.4, -0.2) is 35.9 Å². The van der Waals surface area contributed by atoms with Gasteiger partial charge in [0.1, 0.15) is 0 Å². The van der Waals surface area contributed by atoms with E-state index in [1.54, 1.807) is 0 Å². The first-order valence-electron chi connectivity index (χ1n) is 3.90. The number of halogens is 2. The third-order valence-corrected chi connectivity index (χ3v) is 3.24. The van der Waals surface area contributed by atoms with E-state index in [0.717, 1.165) is 0 Å². The Hall–Kier alpha value is -0.700. The SMILES string of the molecule is O=C1CSC(=S)N1Nc1nc(Cl)nc(Cl)n1.